The van der Waals surface area contributed by atoms with E-state index in [-0.39, 0.29) is 18.5 Å². The quantitative estimate of drug-likeness (QED) is 0.462. The summed E-state index contributed by atoms with van der Waals surface area (Å²) in [6.45, 7) is -0.300. The van der Waals surface area contributed by atoms with Crippen LogP contribution in [0.3, 0.4) is 0 Å². The van der Waals surface area contributed by atoms with Crippen LogP contribution in [0, 0.1) is 0 Å². The fourth-order valence-corrected chi connectivity index (χ4v) is 2.98. The Hall–Kier alpha value is -1.83. The molecule has 4 amide bonds. The van der Waals surface area contributed by atoms with Crippen LogP contribution in [-0.2, 0) is 9.59 Å². The fourth-order valence-electron chi connectivity index (χ4n) is 2.98. The van der Waals surface area contributed by atoms with Gasteiger partial charge in [-0.3, -0.25) is 9.59 Å². The highest BCUT2D eigenvalue weighted by Crippen LogP contribution is 2.17. The Kier molecular flexibility index (Phi) is 6.64. The van der Waals surface area contributed by atoms with Crippen molar-refractivity contribution in [2.24, 2.45) is 0 Å². The predicted molar refractivity (Wildman–Crippen MR) is 83.6 cm³/mol. The van der Waals surface area contributed by atoms with Crippen molar-refractivity contribution in [2.45, 2.75) is 63.1 Å². The third-order valence-electron chi connectivity index (χ3n) is 4.36. The third kappa shape index (κ3) is 5.38. The molecular formula is C15H26N4O4. The number of carbonyl (C=O) groups excluding carboxylic acids is 3. The van der Waals surface area contributed by atoms with Gasteiger partial charge in [-0.15, -0.1) is 0 Å². The highest BCUT2D eigenvalue weighted by molar-refractivity contribution is 5.93. The van der Waals surface area contributed by atoms with Gasteiger partial charge in [0.05, 0.1) is 6.61 Å². The van der Waals surface area contributed by atoms with Crippen molar-refractivity contribution in [2.75, 3.05) is 13.2 Å². The molecule has 1 unspecified atom stereocenters. The van der Waals surface area contributed by atoms with Gasteiger partial charge in [0.2, 0.25) is 11.8 Å². The van der Waals surface area contributed by atoms with Gasteiger partial charge in [-0.05, 0) is 12.8 Å². The fraction of sp³-hybridized carbons (Fsp3) is 0.800. The number of urea groups is 1. The van der Waals surface area contributed by atoms with Crippen molar-refractivity contribution in [1.82, 2.24) is 21.3 Å². The molecule has 1 aliphatic heterocycles. The van der Waals surface area contributed by atoms with E-state index in [4.69, 9.17) is 0 Å². The van der Waals surface area contributed by atoms with Gasteiger partial charge < -0.3 is 26.4 Å². The minimum Gasteiger partial charge on any atom is -0.394 e. The highest BCUT2D eigenvalue weighted by atomic mass is 16.3. The molecule has 0 aromatic carbocycles. The number of hydrogen-bond acceptors (Lipinski definition) is 4. The normalized spacial score (nSPS) is 23.9. The molecule has 1 saturated carbocycles. The van der Waals surface area contributed by atoms with Crippen molar-refractivity contribution in [3.63, 3.8) is 0 Å². The maximum absolute atomic E-state index is 12.3. The summed E-state index contributed by atoms with van der Waals surface area (Å²) in [5.74, 6) is -0.848. The summed E-state index contributed by atoms with van der Waals surface area (Å²) in [5.41, 5.74) is 0. The van der Waals surface area contributed by atoms with Crippen molar-refractivity contribution >= 4 is 17.8 Å². The molecule has 2 fully saturated rings. The summed E-state index contributed by atoms with van der Waals surface area (Å²) in [7, 11) is 0. The largest absolute Gasteiger partial charge is 0.394 e. The van der Waals surface area contributed by atoms with Gasteiger partial charge in [-0.2, -0.15) is 0 Å². The average Bonchev–Trinajstić information content (AvgIpc) is 2.93. The van der Waals surface area contributed by atoms with Crippen molar-refractivity contribution < 1.29 is 19.5 Å². The monoisotopic (exact) mass is 326 g/mol. The van der Waals surface area contributed by atoms with E-state index in [2.05, 4.69) is 21.3 Å². The zero-order valence-electron chi connectivity index (χ0n) is 13.3. The van der Waals surface area contributed by atoms with Crippen LogP contribution in [0.4, 0.5) is 4.79 Å². The summed E-state index contributed by atoms with van der Waals surface area (Å²) < 4.78 is 0. The van der Waals surface area contributed by atoms with Gasteiger partial charge >= 0.3 is 6.03 Å². The average molecular weight is 326 g/mol. The minimum absolute atomic E-state index is 0.0987. The summed E-state index contributed by atoms with van der Waals surface area (Å²) >= 11 is 0. The van der Waals surface area contributed by atoms with Gasteiger partial charge in [0.25, 0.3) is 0 Å². The number of amides is 4. The first-order chi connectivity index (χ1) is 11.1. The molecule has 8 nitrogen and oxygen atoms in total. The summed E-state index contributed by atoms with van der Waals surface area (Å²) in [4.78, 5) is 35.3. The maximum Gasteiger partial charge on any atom is 0.315 e. The molecule has 2 atom stereocenters. The molecule has 0 radical (unpaired) electrons. The van der Waals surface area contributed by atoms with Crippen LogP contribution >= 0.6 is 0 Å². The molecule has 0 spiro atoms. The van der Waals surface area contributed by atoms with E-state index in [0.717, 1.165) is 25.7 Å². The Labute approximate surface area is 135 Å². The lowest BCUT2D eigenvalue weighted by Gasteiger charge is -2.24. The van der Waals surface area contributed by atoms with E-state index in [1.807, 2.05) is 0 Å². The number of hydrogen-bond donors (Lipinski definition) is 5. The minimum atomic E-state index is -0.995. The Balaban J connectivity index is 1.82. The molecule has 0 aromatic heterocycles. The van der Waals surface area contributed by atoms with Gasteiger partial charge in [-0.25, -0.2) is 4.79 Å². The van der Waals surface area contributed by atoms with Crippen LogP contribution in [0.2, 0.25) is 0 Å². The zero-order valence-corrected chi connectivity index (χ0v) is 13.3. The van der Waals surface area contributed by atoms with Crippen LogP contribution < -0.4 is 21.3 Å². The van der Waals surface area contributed by atoms with E-state index >= 15 is 0 Å². The number of aliphatic hydroxyl groups excluding tert-OH is 1. The number of rotatable bonds is 5. The zero-order chi connectivity index (χ0) is 16.7. The van der Waals surface area contributed by atoms with E-state index < -0.39 is 30.6 Å². The SMILES string of the molecule is O=C1NCC(C(=O)N[C@@H](CO)C(=O)NC2CCCCCCC2)N1. The Morgan fingerprint density at radius 3 is 2.39 bits per heavy atom. The molecule has 0 aromatic rings. The van der Waals surface area contributed by atoms with Gasteiger partial charge in [-0.1, -0.05) is 32.1 Å². The molecular weight excluding hydrogens is 300 g/mol. The van der Waals surface area contributed by atoms with E-state index in [9.17, 15) is 19.5 Å². The summed E-state index contributed by atoms with van der Waals surface area (Å²) in [6, 6.07) is -2.03. The topological polar surface area (TPSA) is 120 Å². The lowest BCUT2D eigenvalue weighted by molar-refractivity contribution is -0.131. The van der Waals surface area contributed by atoms with E-state index in [0.29, 0.717) is 0 Å². The first-order valence-electron chi connectivity index (χ1n) is 8.36. The van der Waals surface area contributed by atoms with Crippen LogP contribution in [0.25, 0.3) is 0 Å². The van der Waals surface area contributed by atoms with Gasteiger partial charge in [0.1, 0.15) is 12.1 Å². The lowest BCUT2D eigenvalue weighted by atomic mass is 9.96. The third-order valence-corrected chi connectivity index (χ3v) is 4.36. The molecule has 0 bridgehead atoms. The van der Waals surface area contributed by atoms with E-state index in [1.165, 1.54) is 19.3 Å². The van der Waals surface area contributed by atoms with Crippen LogP contribution in [0.1, 0.15) is 44.9 Å². The van der Waals surface area contributed by atoms with Gasteiger partial charge in [0.15, 0.2) is 0 Å². The smallest absolute Gasteiger partial charge is 0.315 e. The van der Waals surface area contributed by atoms with Crippen LogP contribution in [-0.4, -0.2) is 54.2 Å². The highest BCUT2D eigenvalue weighted by Gasteiger charge is 2.30. The van der Waals surface area contributed by atoms with Crippen LogP contribution in [0.15, 0.2) is 0 Å². The molecule has 8 heteroatoms. The Morgan fingerprint density at radius 1 is 1.17 bits per heavy atom. The van der Waals surface area contributed by atoms with Crippen LogP contribution in [0.5, 0.6) is 0 Å². The molecule has 1 heterocycles. The molecule has 23 heavy (non-hydrogen) atoms. The second-order valence-electron chi connectivity index (χ2n) is 6.20. The second kappa shape index (κ2) is 8.71. The van der Waals surface area contributed by atoms with Gasteiger partial charge in [0, 0.05) is 12.6 Å². The summed E-state index contributed by atoms with van der Waals surface area (Å²) in [5, 5.41) is 19.7. The Bertz CT molecular complexity index is 435. The number of nitrogens with one attached hydrogen (secondary N) is 4. The molecule has 5 N–H and O–H groups in total. The van der Waals surface area contributed by atoms with Crippen molar-refractivity contribution in [3.05, 3.63) is 0 Å². The number of aliphatic hydroxyl groups is 1. The van der Waals surface area contributed by atoms with Crippen molar-refractivity contribution in [1.29, 1.82) is 0 Å². The van der Waals surface area contributed by atoms with Crippen molar-refractivity contribution in [3.8, 4) is 0 Å². The molecule has 1 saturated heterocycles. The standard InChI is InChI=1S/C15H26N4O4/c20-9-12(18-13(21)11-8-16-15(23)19-11)14(22)17-10-6-4-2-1-3-5-7-10/h10-12,20H,1-9H2,(H,17,22)(H,18,21)(H2,16,19,23)/t11?,12-/m0/s1. The number of carbonyl (C=O) groups is 3. The summed E-state index contributed by atoms with van der Waals surface area (Å²) in [6.07, 6.45) is 7.64. The first kappa shape index (κ1) is 17.5. The Morgan fingerprint density at radius 2 is 1.83 bits per heavy atom. The van der Waals surface area contributed by atoms with E-state index in [1.54, 1.807) is 0 Å². The molecule has 2 rings (SSSR count). The molecule has 2 aliphatic rings. The predicted octanol–water partition coefficient (Wildman–Crippen LogP) is -0.626. The lowest BCUT2D eigenvalue weighted by Crippen LogP contribution is -2.55. The maximum atomic E-state index is 12.3. The molecule has 130 valence electrons. The molecule has 1 aliphatic carbocycles. The first-order valence-corrected chi connectivity index (χ1v) is 8.36. The second-order valence-corrected chi connectivity index (χ2v) is 6.20.